The highest BCUT2D eigenvalue weighted by Gasteiger charge is 1.85. The Kier molecular flexibility index (Phi) is 3.96. The molecule has 0 spiro atoms. The van der Waals surface area contributed by atoms with Crippen LogP contribution >= 0.6 is 0 Å². The summed E-state index contributed by atoms with van der Waals surface area (Å²) in [5.41, 5.74) is 6.44. The van der Waals surface area contributed by atoms with Crippen molar-refractivity contribution in [1.82, 2.24) is 0 Å². The van der Waals surface area contributed by atoms with Crippen LogP contribution in [0.25, 0.3) is 0 Å². The third-order valence-electron chi connectivity index (χ3n) is 0.838. The van der Waals surface area contributed by atoms with E-state index in [1.807, 2.05) is 6.92 Å². The molecule has 0 aliphatic carbocycles. The largest absolute Gasteiger partial charge is 0.405 e. The third kappa shape index (κ3) is 3.66. The van der Waals surface area contributed by atoms with E-state index in [4.69, 9.17) is 5.73 Å². The summed E-state index contributed by atoms with van der Waals surface area (Å²) in [5.74, 6) is 0. The third-order valence-corrected chi connectivity index (χ3v) is 0.838. The topological polar surface area (TPSA) is 43.1 Å². The molecule has 0 aromatic heterocycles. The smallest absolute Gasteiger partial charge is 0.150 e. The Morgan fingerprint density at radius 3 is 2.50 bits per heavy atom. The normalized spacial score (nSPS) is 11.9. The Balaban J connectivity index is 4.33. The van der Waals surface area contributed by atoms with Crippen LogP contribution in [-0.4, -0.2) is 6.29 Å². The van der Waals surface area contributed by atoms with Gasteiger partial charge in [-0.25, -0.2) is 0 Å². The van der Waals surface area contributed by atoms with Gasteiger partial charge in [-0.05, 0) is 25.3 Å². The van der Waals surface area contributed by atoms with E-state index in [2.05, 4.69) is 6.58 Å². The van der Waals surface area contributed by atoms with Crippen LogP contribution < -0.4 is 5.73 Å². The molecule has 0 saturated heterocycles. The second kappa shape index (κ2) is 4.56. The molecular weight excluding hydrogens is 126 g/mol. The standard InChI is InChI=1S/C8H11NO/c1-7(2)5-8(6-10)3-4-9/h3-6H,1,9H2,2H3/b4-3-,8-5+. The van der Waals surface area contributed by atoms with Crippen LogP contribution in [0.15, 0.2) is 36.1 Å². The summed E-state index contributed by atoms with van der Waals surface area (Å²) >= 11 is 0. The number of carbonyl (C=O) groups excluding carboxylic acids is 1. The van der Waals surface area contributed by atoms with Crippen molar-refractivity contribution in [2.24, 2.45) is 5.73 Å². The van der Waals surface area contributed by atoms with Crippen molar-refractivity contribution in [1.29, 1.82) is 0 Å². The first-order chi connectivity index (χ1) is 4.70. The van der Waals surface area contributed by atoms with E-state index in [1.54, 1.807) is 6.08 Å². The number of carbonyl (C=O) groups is 1. The number of aldehydes is 1. The Bertz CT molecular complexity index is 189. The van der Waals surface area contributed by atoms with E-state index in [-0.39, 0.29) is 0 Å². The molecular formula is C8H11NO. The van der Waals surface area contributed by atoms with Gasteiger partial charge in [-0.3, -0.25) is 4.79 Å². The van der Waals surface area contributed by atoms with Crippen molar-refractivity contribution in [3.63, 3.8) is 0 Å². The van der Waals surface area contributed by atoms with E-state index in [0.717, 1.165) is 11.9 Å². The first-order valence-electron chi connectivity index (χ1n) is 2.91. The zero-order valence-electron chi connectivity index (χ0n) is 6.00. The van der Waals surface area contributed by atoms with E-state index in [0.29, 0.717) is 5.57 Å². The summed E-state index contributed by atoms with van der Waals surface area (Å²) in [7, 11) is 0. The van der Waals surface area contributed by atoms with E-state index in [1.165, 1.54) is 12.3 Å². The molecule has 0 rings (SSSR count). The van der Waals surface area contributed by atoms with Crippen molar-refractivity contribution >= 4 is 6.29 Å². The Morgan fingerprint density at radius 1 is 1.60 bits per heavy atom. The fourth-order valence-corrected chi connectivity index (χ4v) is 0.517. The zero-order chi connectivity index (χ0) is 7.98. The molecule has 0 aliphatic rings. The summed E-state index contributed by atoms with van der Waals surface area (Å²) in [6.07, 6.45) is 5.25. The fraction of sp³-hybridized carbons (Fsp3) is 0.125. The van der Waals surface area contributed by atoms with Crippen LogP contribution in [0, 0.1) is 0 Å². The Morgan fingerprint density at radius 2 is 2.20 bits per heavy atom. The Labute approximate surface area is 60.7 Å². The van der Waals surface area contributed by atoms with Crippen LogP contribution in [0.1, 0.15) is 6.92 Å². The van der Waals surface area contributed by atoms with Gasteiger partial charge in [0.25, 0.3) is 0 Å². The van der Waals surface area contributed by atoms with Crippen molar-refractivity contribution in [3.05, 3.63) is 36.1 Å². The van der Waals surface area contributed by atoms with Crippen molar-refractivity contribution in [3.8, 4) is 0 Å². The molecule has 0 saturated carbocycles. The van der Waals surface area contributed by atoms with E-state index in [9.17, 15) is 4.79 Å². The van der Waals surface area contributed by atoms with Gasteiger partial charge in [0, 0.05) is 5.57 Å². The predicted molar refractivity (Wildman–Crippen MR) is 42.3 cm³/mol. The minimum absolute atomic E-state index is 0.537. The summed E-state index contributed by atoms with van der Waals surface area (Å²) < 4.78 is 0. The van der Waals surface area contributed by atoms with Gasteiger partial charge in [0.05, 0.1) is 0 Å². The second-order valence-electron chi connectivity index (χ2n) is 1.97. The van der Waals surface area contributed by atoms with Gasteiger partial charge >= 0.3 is 0 Å². The van der Waals surface area contributed by atoms with Crippen LogP contribution in [0.3, 0.4) is 0 Å². The maximum Gasteiger partial charge on any atom is 0.150 e. The van der Waals surface area contributed by atoms with Gasteiger partial charge in [0.1, 0.15) is 6.29 Å². The van der Waals surface area contributed by atoms with Gasteiger partial charge in [0.2, 0.25) is 0 Å². The Hall–Kier alpha value is -1.31. The highest BCUT2D eigenvalue weighted by atomic mass is 16.1. The molecule has 0 radical (unpaired) electrons. The van der Waals surface area contributed by atoms with Crippen molar-refractivity contribution in [2.45, 2.75) is 6.92 Å². The van der Waals surface area contributed by atoms with Crippen LogP contribution in [-0.2, 0) is 4.79 Å². The summed E-state index contributed by atoms with van der Waals surface area (Å²) in [5, 5.41) is 0. The van der Waals surface area contributed by atoms with Crippen LogP contribution in [0.4, 0.5) is 0 Å². The summed E-state index contributed by atoms with van der Waals surface area (Å²) in [6, 6.07) is 0. The summed E-state index contributed by atoms with van der Waals surface area (Å²) in [4.78, 5) is 10.2. The van der Waals surface area contributed by atoms with Gasteiger partial charge in [-0.2, -0.15) is 0 Å². The van der Waals surface area contributed by atoms with Gasteiger partial charge < -0.3 is 5.73 Å². The molecule has 2 heteroatoms. The molecule has 0 aromatic rings. The fourth-order valence-electron chi connectivity index (χ4n) is 0.517. The lowest BCUT2D eigenvalue weighted by atomic mass is 10.2. The molecule has 0 fully saturated rings. The zero-order valence-corrected chi connectivity index (χ0v) is 6.00. The average molecular weight is 137 g/mol. The highest BCUT2D eigenvalue weighted by Crippen LogP contribution is 1.97. The highest BCUT2D eigenvalue weighted by molar-refractivity contribution is 5.78. The lowest BCUT2D eigenvalue weighted by Crippen LogP contribution is -1.83. The molecule has 0 bridgehead atoms. The first-order valence-corrected chi connectivity index (χ1v) is 2.91. The minimum Gasteiger partial charge on any atom is -0.405 e. The molecule has 10 heavy (non-hydrogen) atoms. The van der Waals surface area contributed by atoms with Crippen LogP contribution in [0.5, 0.6) is 0 Å². The lowest BCUT2D eigenvalue weighted by molar-refractivity contribution is -0.104. The molecule has 0 amide bonds. The van der Waals surface area contributed by atoms with Crippen molar-refractivity contribution in [2.75, 3.05) is 0 Å². The van der Waals surface area contributed by atoms with Crippen molar-refractivity contribution < 1.29 is 4.79 Å². The SMILES string of the molecule is C=C(C)/C=C(C=O)\C=C/N. The number of nitrogens with two attached hydrogens (primary N) is 1. The number of hydrogen-bond donors (Lipinski definition) is 1. The van der Waals surface area contributed by atoms with Gasteiger partial charge in [-0.15, -0.1) is 0 Å². The number of hydrogen-bond acceptors (Lipinski definition) is 2. The average Bonchev–Trinajstić information content (AvgIpc) is 1.86. The monoisotopic (exact) mass is 137 g/mol. The lowest BCUT2D eigenvalue weighted by Gasteiger charge is -1.88. The maximum absolute atomic E-state index is 10.2. The molecule has 0 heterocycles. The van der Waals surface area contributed by atoms with E-state index >= 15 is 0 Å². The first kappa shape index (κ1) is 8.69. The molecule has 2 nitrogen and oxygen atoms in total. The predicted octanol–water partition coefficient (Wildman–Crippen LogP) is 1.16. The van der Waals surface area contributed by atoms with E-state index < -0.39 is 0 Å². The second-order valence-corrected chi connectivity index (χ2v) is 1.97. The minimum atomic E-state index is 0.537. The summed E-state index contributed by atoms with van der Waals surface area (Å²) in [6.45, 7) is 5.43. The molecule has 0 aromatic carbocycles. The molecule has 0 aliphatic heterocycles. The molecule has 0 atom stereocenters. The maximum atomic E-state index is 10.2. The molecule has 2 N–H and O–H groups in total. The quantitative estimate of drug-likeness (QED) is 0.360. The molecule has 0 unspecified atom stereocenters. The van der Waals surface area contributed by atoms with Crippen LogP contribution in [0.2, 0.25) is 0 Å². The number of rotatable bonds is 3. The van der Waals surface area contributed by atoms with Gasteiger partial charge in [0.15, 0.2) is 0 Å². The molecule has 54 valence electrons. The van der Waals surface area contributed by atoms with Gasteiger partial charge in [-0.1, -0.05) is 12.2 Å². The number of allylic oxidation sites excluding steroid dienone is 4.